The Morgan fingerprint density at radius 3 is 2.85 bits per heavy atom. The Hall–Kier alpha value is -2.08. The fourth-order valence-corrected chi connectivity index (χ4v) is 2.83. The van der Waals surface area contributed by atoms with Gasteiger partial charge in [-0.15, -0.1) is 11.8 Å². The Bertz CT molecular complexity index is 695. The number of anilines is 1. The van der Waals surface area contributed by atoms with E-state index in [-0.39, 0.29) is 0 Å². The van der Waals surface area contributed by atoms with Gasteiger partial charge in [-0.25, -0.2) is 4.98 Å². The van der Waals surface area contributed by atoms with Crippen molar-refractivity contribution in [3.8, 4) is 0 Å². The topological polar surface area (TPSA) is 66.5 Å². The fraction of sp³-hybridized carbons (Fsp3) is 0.214. The summed E-state index contributed by atoms with van der Waals surface area (Å²) in [7, 11) is 0. The van der Waals surface area contributed by atoms with Crippen molar-refractivity contribution < 1.29 is 0 Å². The number of H-pyrrole nitrogens is 1. The normalized spacial score (nSPS) is 10.8. The van der Waals surface area contributed by atoms with Crippen molar-refractivity contribution in [2.45, 2.75) is 17.7 Å². The first kappa shape index (κ1) is 12.9. The number of rotatable bonds is 5. The molecule has 5 nitrogen and oxygen atoms in total. The molecule has 0 amide bonds. The summed E-state index contributed by atoms with van der Waals surface area (Å²) in [4.78, 5) is 8.95. The number of hydrogen-bond donors (Lipinski definition) is 2. The summed E-state index contributed by atoms with van der Waals surface area (Å²) in [5.41, 5.74) is 2.05. The number of nitrogens with one attached hydrogen (secondary N) is 2. The molecular weight excluding hydrogens is 270 g/mol. The van der Waals surface area contributed by atoms with Gasteiger partial charge in [-0.2, -0.15) is 10.1 Å². The van der Waals surface area contributed by atoms with Crippen molar-refractivity contribution in [2.75, 3.05) is 11.9 Å². The van der Waals surface area contributed by atoms with E-state index in [2.05, 4.69) is 37.6 Å². The Morgan fingerprint density at radius 2 is 2.05 bits per heavy atom. The molecule has 1 aromatic carbocycles. The van der Waals surface area contributed by atoms with E-state index in [9.17, 15) is 0 Å². The molecule has 20 heavy (non-hydrogen) atoms. The van der Waals surface area contributed by atoms with E-state index in [1.165, 1.54) is 5.56 Å². The van der Waals surface area contributed by atoms with Crippen molar-refractivity contribution in [1.29, 1.82) is 0 Å². The monoisotopic (exact) mass is 285 g/mol. The highest BCUT2D eigenvalue weighted by Crippen LogP contribution is 2.27. The van der Waals surface area contributed by atoms with E-state index in [1.54, 1.807) is 18.0 Å². The van der Waals surface area contributed by atoms with Crippen LogP contribution in [0, 0.1) is 0 Å². The molecule has 0 radical (unpaired) electrons. The molecule has 3 rings (SSSR count). The van der Waals surface area contributed by atoms with Crippen LogP contribution in [-0.4, -0.2) is 26.7 Å². The summed E-state index contributed by atoms with van der Waals surface area (Å²) in [6.07, 6.45) is 1.78. The zero-order valence-electron chi connectivity index (χ0n) is 11.1. The van der Waals surface area contributed by atoms with Crippen LogP contribution in [0.3, 0.4) is 0 Å². The van der Waals surface area contributed by atoms with Crippen LogP contribution < -0.4 is 5.32 Å². The molecule has 6 heteroatoms. The quantitative estimate of drug-likeness (QED) is 0.557. The van der Waals surface area contributed by atoms with Crippen molar-refractivity contribution in [2.24, 2.45) is 0 Å². The average molecular weight is 285 g/mol. The number of aromatic nitrogens is 4. The van der Waals surface area contributed by atoms with Crippen LogP contribution in [0.4, 0.5) is 5.95 Å². The van der Waals surface area contributed by atoms with Crippen LogP contribution in [0.15, 0.2) is 41.6 Å². The average Bonchev–Trinajstić information content (AvgIpc) is 2.95. The van der Waals surface area contributed by atoms with Gasteiger partial charge in [0, 0.05) is 12.3 Å². The lowest BCUT2D eigenvalue weighted by molar-refractivity contribution is 1.04. The van der Waals surface area contributed by atoms with Crippen molar-refractivity contribution in [3.05, 3.63) is 42.1 Å². The van der Waals surface area contributed by atoms with Crippen LogP contribution in [0.5, 0.6) is 0 Å². The minimum Gasteiger partial charge on any atom is -0.354 e. The molecule has 0 unspecified atom stereocenters. The highest BCUT2D eigenvalue weighted by atomic mass is 32.2. The highest BCUT2D eigenvalue weighted by Gasteiger charge is 2.09. The SMILES string of the molecule is CCNc1nc(SCc2ccccc2)c2cn[nH]c2n1. The number of thioether (sulfide) groups is 1. The van der Waals surface area contributed by atoms with Crippen LogP contribution in [0.1, 0.15) is 12.5 Å². The summed E-state index contributed by atoms with van der Waals surface area (Å²) >= 11 is 1.70. The zero-order valence-corrected chi connectivity index (χ0v) is 11.9. The maximum absolute atomic E-state index is 4.56. The first-order valence-corrected chi connectivity index (χ1v) is 7.47. The third-order valence-electron chi connectivity index (χ3n) is 2.83. The lowest BCUT2D eigenvalue weighted by Gasteiger charge is -2.06. The van der Waals surface area contributed by atoms with E-state index in [4.69, 9.17) is 0 Å². The van der Waals surface area contributed by atoms with Gasteiger partial charge in [0.25, 0.3) is 0 Å². The molecule has 3 aromatic rings. The van der Waals surface area contributed by atoms with Crippen molar-refractivity contribution in [3.63, 3.8) is 0 Å². The second-order valence-electron chi connectivity index (χ2n) is 4.29. The minimum atomic E-state index is 0.639. The maximum atomic E-state index is 4.56. The maximum Gasteiger partial charge on any atom is 0.225 e. The smallest absolute Gasteiger partial charge is 0.225 e. The summed E-state index contributed by atoms with van der Waals surface area (Å²) in [6.45, 7) is 2.82. The number of hydrogen-bond acceptors (Lipinski definition) is 5. The zero-order chi connectivity index (χ0) is 13.8. The van der Waals surface area contributed by atoms with Crippen molar-refractivity contribution in [1.82, 2.24) is 20.2 Å². The molecule has 0 saturated heterocycles. The second kappa shape index (κ2) is 5.92. The van der Waals surface area contributed by atoms with E-state index in [0.717, 1.165) is 28.4 Å². The van der Waals surface area contributed by atoms with Gasteiger partial charge in [-0.05, 0) is 12.5 Å². The summed E-state index contributed by atoms with van der Waals surface area (Å²) in [5, 5.41) is 12.0. The molecular formula is C14H15N5S. The van der Waals surface area contributed by atoms with Crippen LogP contribution in [-0.2, 0) is 5.75 Å². The van der Waals surface area contributed by atoms with Gasteiger partial charge in [-0.1, -0.05) is 30.3 Å². The standard InChI is InChI=1S/C14H15N5S/c1-2-15-14-17-12-11(8-16-19-12)13(18-14)20-9-10-6-4-3-5-7-10/h3-8H,2,9H2,1H3,(H2,15,16,17,18,19). The largest absolute Gasteiger partial charge is 0.354 e. The molecule has 0 aliphatic heterocycles. The van der Waals surface area contributed by atoms with E-state index >= 15 is 0 Å². The molecule has 0 aliphatic rings. The number of fused-ring (bicyclic) bond motifs is 1. The molecule has 0 saturated carbocycles. The van der Waals surface area contributed by atoms with Gasteiger partial charge in [-0.3, -0.25) is 5.10 Å². The molecule has 0 aliphatic carbocycles. The lowest BCUT2D eigenvalue weighted by Crippen LogP contribution is -2.03. The Labute approximate surface area is 121 Å². The molecule has 0 fully saturated rings. The van der Waals surface area contributed by atoms with Gasteiger partial charge < -0.3 is 5.32 Å². The molecule has 0 bridgehead atoms. The number of benzene rings is 1. The molecule has 0 atom stereocenters. The molecule has 2 aromatic heterocycles. The summed E-state index contributed by atoms with van der Waals surface area (Å²) in [6, 6.07) is 10.4. The van der Waals surface area contributed by atoms with E-state index < -0.39 is 0 Å². The van der Waals surface area contributed by atoms with Gasteiger partial charge in [0.05, 0.1) is 11.6 Å². The predicted octanol–water partition coefficient (Wildman–Crippen LogP) is 3.08. The minimum absolute atomic E-state index is 0.639. The van der Waals surface area contributed by atoms with Crippen LogP contribution in [0.25, 0.3) is 11.0 Å². The molecule has 2 heterocycles. The van der Waals surface area contributed by atoms with E-state index in [0.29, 0.717) is 5.95 Å². The number of aromatic amines is 1. The first-order valence-electron chi connectivity index (χ1n) is 6.48. The van der Waals surface area contributed by atoms with Crippen molar-refractivity contribution >= 4 is 28.7 Å². The van der Waals surface area contributed by atoms with Crippen LogP contribution in [0.2, 0.25) is 0 Å². The Balaban J connectivity index is 1.87. The third kappa shape index (κ3) is 2.75. The van der Waals surface area contributed by atoms with Gasteiger partial charge >= 0.3 is 0 Å². The first-order chi connectivity index (χ1) is 9.86. The highest BCUT2D eigenvalue weighted by molar-refractivity contribution is 7.98. The third-order valence-corrected chi connectivity index (χ3v) is 3.89. The second-order valence-corrected chi connectivity index (χ2v) is 5.25. The molecule has 0 spiro atoms. The van der Waals surface area contributed by atoms with Crippen LogP contribution >= 0.6 is 11.8 Å². The fourth-order valence-electron chi connectivity index (χ4n) is 1.88. The van der Waals surface area contributed by atoms with Gasteiger partial charge in [0.2, 0.25) is 5.95 Å². The Morgan fingerprint density at radius 1 is 1.20 bits per heavy atom. The van der Waals surface area contributed by atoms with Gasteiger partial charge in [0.15, 0.2) is 5.65 Å². The summed E-state index contributed by atoms with van der Waals surface area (Å²) in [5.74, 6) is 1.52. The summed E-state index contributed by atoms with van der Waals surface area (Å²) < 4.78 is 0. The van der Waals surface area contributed by atoms with E-state index in [1.807, 2.05) is 25.1 Å². The number of nitrogens with zero attached hydrogens (tertiary/aromatic N) is 3. The molecule has 2 N–H and O–H groups in total. The van der Waals surface area contributed by atoms with Gasteiger partial charge in [0.1, 0.15) is 5.03 Å². The Kier molecular flexibility index (Phi) is 3.83. The predicted molar refractivity (Wildman–Crippen MR) is 81.9 cm³/mol. The molecule has 102 valence electrons. The lowest BCUT2D eigenvalue weighted by atomic mass is 10.2.